The summed E-state index contributed by atoms with van der Waals surface area (Å²) in [4.78, 5) is 34.5. The molecule has 0 spiro atoms. The molecule has 0 unspecified atom stereocenters. The zero-order valence-corrected chi connectivity index (χ0v) is 18.9. The zero-order chi connectivity index (χ0) is 23.8. The Labute approximate surface area is 192 Å². The maximum Gasteiger partial charge on any atom is 0.407 e. The van der Waals surface area contributed by atoms with Crippen molar-refractivity contribution < 1.29 is 18.7 Å². The minimum absolute atomic E-state index is 0.0311. The molecule has 2 aromatic rings. The van der Waals surface area contributed by atoms with E-state index < -0.39 is 17.5 Å². The van der Waals surface area contributed by atoms with Gasteiger partial charge in [0.2, 0.25) is 5.69 Å². The lowest BCUT2D eigenvalue weighted by atomic mass is 10.0. The van der Waals surface area contributed by atoms with Gasteiger partial charge in [0, 0.05) is 31.2 Å². The van der Waals surface area contributed by atoms with Crippen LogP contribution in [0.2, 0.25) is 0 Å². The maximum absolute atomic E-state index is 14.2. The van der Waals surface area contributed by atoms with E-state index in [0.717, 1.165) is 5.56 Å². The van der Waals surface area contributed by atoms with Gasteiger partial charge in [-0.05, 0) is 51.3 Å². The van der Waals surface area contributed by atoms with Gasteiger partial charge in [-0.25, -0.2) is 19.0 Å². The Bertz CT molecular complexity index is 1140. The summed E-state index contributed by atoms with van der Waals surface area (Å²) in [6.45, 7) is 14.1. The van der Waals surface area contributed by atoms with Gasteiger partial charge in [-0.2, -0.15) is 0 Å². The van der Waals surface area contributed by atoms with Gasteiger partial charge in [-0.3, -0.25) is 4.79 Å². The molecule has 3 heterocycles. The molecule has 0 bridgehead atoms. The molecule has 8 nitrogen and oxygen atoms in total. The number of nitrogens with zero attached hydrogens (tertiary/aromatic N) is 3. The first-order chi connectivity index (χ1) is 15.6. The quantitative estimate of drug-likeness (QED) is 0.684. The highest BCUT2D eigenvalue weighted by Crippen LogP contribution is 2.33. The number of ether oxygens (including phenoxy) is 1. The van der Waals surface area contributed by atoms with Gasteiger partial charge in [0.25, 0.3) is 5.91 Å². The number of carbonyl (C=O) groups excluding carboxylic acids is 2. The molecule has 0 aliphatic carbocycles. The number of halogens is 1. The molecular weight excluding hydrogens is 425 g/mol. The molecule has 1 aromatic carbocycles. The van der Waals surface area contributed by atoms with Crippen molar-refractivity contribution in [2.75, 3.05) is 18.0 Å². The second-order valence-electron chi connectivity index (χ2n) is 9.23. The standard InChI is InChI=1S/C24H26FN5O3/c1-24(2,3)33-23(32)28-16-7-9-30(10-8-16)21-20-15(13-27-22(20)31)12-19(29-21)14-5-6-18(26-4)17(25)11-14/h5-6,11-12,16H,7-10,13H2,1-3H3,(H,27,31)(H,28,32). The summed E-state index contributed by atoms with van der Waals surface area (Å²) in [5.41, 5.74) is 1.83. The van der Waals surface area contributed by atoms with Crippen LogP contribution in [0.4, 0.5) is 20.7 Å². The van der Waals surface area contributed by atoms with Gasteiger partial charge >= 0.3 is 6.09 Å². The van der Waals surface area contributed by atoms with Crippen molar-refractivity contribution in [3.8, 4) is 11.3 Å². The summed E-state index contributed by atoms with van der Waals surface area (Å²) in [5, 5.41) is 5.75. The van der Waals surface area contributed by atoms with E-state index in [-0.39, 0.29) is 17.6 Å². The summed E-state index contributed by atoms with van der Waals surface area (Å²) in [5.74, 6) is -0.222. The number of carbonyl (C=O) groups is 2. The molecule has 2 aliphatic heterocycles. The van der Waals surface area contributed by atoms with Crippen molar-refractivity contribution in [3.63, 3.8) is 0 Å². The Morgan fingerprint density at radius 1 is 1.30 bits per heavy atom. The number of hydrogen-bond acceptors (Lipinski definition) is 5. The third-order valence-electron chi connectivity index (χ3n) is 5.63. The number of hydrogen-bond donors (Lipinski definition) is 2. The minimum Gasteiger partial charge on any atom is -0.444 e. The fourth-order valence-electron chi connectivity index (χ4n) is 4.08. The lowest BCUT2D eigenvalue weighted by molar-refractivity contribution is 0.0497. The summed E-state index contributed by atoms with van der Waals surface area (Å²) >= 11 is 0. The van der Waals surface area contributed by atoms with Crippen LogP contribution in [0.15, 0.2) is 24.3 Å². The van der Waals surface area contributed by atoms with Crippen molar-refractivity contribution in [1.29, 1.82) is 0 Å². The van der Waals surface area contributed by atoms with E-state index in [1.807, 2.05) is 25.7 Å². The second kappa shape index (κ2) is 8.70. The normalized spacial score (nSPS) is 16.1. The number of piperidine rings is 1. The average molecular weight is 452 g/mol. The largest absolute Gasteiger partial charge is 0.444 e. The van der Waals surface area contributed by atoms with Gasteiger partial charge in [0.15, 0.2) is 0 Å². The fourth-order valence-corrected chi connectivity index (χ4v) is 4.08. The highest BCUT2D eigenvalue weighted by atomic mass is 19.1. The van der Waals surface area contributed by atoms with Crippen LogP contribution in [0.3, 0.4) is 0 Å². The summed E-state index contributed by atoms with van der Waals surface area (Å²) < 4.78 is 19.6. The Kier molecular flexibility index (Phi) is 5.93. The minimum atomic E-state index is -0.602. The van der Waals surface area contributed by atoms with Gasteiger partial charge < -0.3 is 20.3 Å². The number of benzene rings is 1. The van der Waals surface area contributed by atoms with Gasteiger partial charge in [-0.15, -0.1) is 0 Å². The highest BCUT2D eigenvalue weighted by Gasteiger charge is 2.31. The molecule has 2 aliphatic rings. The van der Waals surface area contributed by atoms with E-state index in [9.17, 15) is 14.0 Å². The Morgan fingerprint density at radius 2 is 2.03 bits per heavy atom. The topological polar surface area (TPSA) is 87.9 Å². The zero-order valence-electron chi connectivity index (χ0n) is 18.9. The lowest BCUT2D eigenvalue weighted by Crippen LogP contribution is -2.46. The Morgan fingerprint density at radius 3 is 2.67 bits per heavy atom. The predicted octanol–water partition coefficient (Wildman–Crippen LogP) is 4.18. The first kappa shape index (κ1) is 22.5. The van der Waals surface area contributed by atoms with Crippen LogP contribution in [-0.2, 0) is 11.3 Å². The van der Waals surface area contributed by atoms with Crippen molar-refractivity contribution >= 4 is 23.5 Å². The highest BCUT2D eigenvalue weighted by molar-refractivity contribution is 6.03. The second-order valence-corrected chi connectivity index (χ2v) is 9.23. The van der Waals surface area contributed by atoms with Crippen LogP contribution in [0.1, 0.15) is 49.5 Å². The van der Waals surface area contributed by atoms with Crippen LogP contribution in [0.5, 0.6) is 0 Å². The number of aromatic nitrogens is 1. The van der Waals surface area contributed by atoms with E-state index in [0.29, 0.717) is 55.1 Å². The van der Waals surface area contributed by atoms with Gasteiger partial charge in [-0.1, -0.05) is 12.1 Å². The SMILES string of the molecule is [C-]#[N+]c1ccc(-c2cc3c(c(N4CCC(NC(=O)OC(C)(C)C)CC4)n2)C(=O)NC3)cc1F. The maximum atomic E-state index is 14.2. The first-order valence-electron chi connectivity index (χ1n) is 10.9. The average Bonchev–Trinajstić information content (AvgIpc) is 3.13. The number of nitrogens with one attached hydrogen (secondary N) is 2. The van der Waals surface area contributed by atoms with Crippen LogP contribution in [-0.4, -0.2) is 41.7 Å². The molecule has 9 heteroatoms. The van der Waals surface area contributed by atoms with Crippen LogP contribution in [0.25, 0.3) is 16.1 Å². The third kappa shape index (κ3) is 4.90. The molecule has 1 saturated heterocycles. The molecule has 2 N–H and O–H groups in total. The predicted molar refractivity (Wildman–Crippen MR) is 122 cm³/mol. The summed E-state index contributed by atoms with van der Waals surface area (Å²) in [6.07, 6.45) is 0.914. The molecule has 33 heavy (non-hydrogen) atoms. The smallest absolute Gasteiger partial charge is 0.407 e. The van der Waals surface area contributed by atoms with Crippen LogP contribution in [0, 0.1) is 12.4 Å². The van der Waals surface area contributed by atoms with Crippen molar-refractivity contribution in [1.82, 2.24) is 15.6 Å². The van der Waals surface area contributed by atoms with Crippen molar-refractivity contribution in [2.45, 2.75) is 51.8 Å². The van der Waals surface area contributed by atoms with E-state index in [2.05, 4.69) is 15.5 Å². The Hall–Kier alpha value is -3.67. The number of anilines is 1. The number of fused-ring (bicyclic) bond motifs is 1. The van der Waals surface area contributed by atoms with E-state index in [1.54, 1.807) is 12.1 Å². The molecule has 0 radical (unpaired) electrons. The van der Waals surface area contributed by atoms with Gasteiger partial charge in [0.05, 0.1) is 17.8 Å². The number of pyridine rings is 1. The fraction of sp³-hybridized carbons (Fsp3) is 0.417. The number of rotatable bonds is 3. The van der Waals surface area contributed by atoms with E-state index >= 15 is 0 Å². The van der Waals surface area contributed by atoms with Gasteiger partial charge in [0.1, 0.15) is 17.2 Å². The van der Waals surface area contributed by atoms with E-state index in [1.165, 1.54) is 12.1 Å². The molecular formula is C24H26FN5O3. The monoisotopic (exact) mass is 451 g/mol. The van der Waals surface area contributed by atoms with E-state index in [4.69, 9.17) is 16.3 Å². The molecule has 4 rings (SSSR count). The third-order valence-corrected chi connectivity index (χ3v) is 5.63. The number of amides is 2. The molecule has 172 valence electrons. The Balaban J connectivity index is 1.56. The molecule has 1 aromatic heterocycles. The molecule has 0 atom stereocenters. The van der Waals surface area contributed by atoms with Crippen LogP contribution < -0.4 is 15.5 Å². The van der Waals surface area contributed by atoms with Crippen molar-refractivity contribution in [3.05, 3.63) is 52.6 Å². The summed E-state index contributed by atoms with van der Waals surface area (Å²) in [6, 6.07) is 6.16. The van der Waals surface area contributed by atoms with Crippen molar-refractivity contribution in [2.24, 2.45) is 0 Å². The molecule has 0 saturated carbocycles. The number of alkyl carbamates (subject to hydrolysis) is 1. The van der Waals surface area contributed by atoms with Crippen LogP contribution >= 0.6 is 0 Å². The molecule has 1 fully saturated rings. The molecule has 2 amide bonds. The first-order valence-corrected chi connectivity index (χ1v) is 10.9. The lowest BCUT2D eigenvalue weighted by Gasteiger charge is -2.34. The summed E-state index contributed by atoms with van der Waals surface area (Å²) in [7, 11) is 0.